The highest BCUT2D eigenvalue weighted by Gasteiger charge is 2.24. The molecule has 0 radical (unpaired) electrons. The predicted octanol–water partition coefficient (Wildman–Crippen LogP) is 7.72. The lowest BCUT2D eigenvalue weighted by molar-refractivity contribution is -0.116. The summed E-state index contributed by atoms with van der Waals surface area (Å²) in [6.45, 7) is 9.83. The van der Waals surface area contributed by atoms with Crippen molar-refractivity contribution < 1.29 is 23.2 Å². The fraction of sp³-hybridized carbons (Fsp3) is 0.393. The number of amides is 3. The number of hydrogen-bond donors (Lipinski definition) is 3. The van der Waals surface area contributed by atoms with Crippen LogP contribution in [0.25, 0.3) is 11.3 Å². The fourth-order valence-corrected chi connectivity index (χ4v) is 6.57. The molecule has 0 saturated heterocycles. The van der Waals surface area contributed by atoms with E-state index in [1.807, 2.05) is 32.9 Å². The summed E-state index contributed by atoms with van der Waals surface area (Å²) in [6, 6.07) is 14.0. The van der Waals surface area contributed by atoms with E-state index in [4.69, 9.17) is 20.6 Å². The Morgan fingerprint density at radius 2 is 1.60 bits per heavy atom. The summed E-state index contributed by atoms with van der Waals surface area (Å²) in [4.78, 5) is 30.7. The molecule has 3 N–H and O–H groups in total. The zero-order chi connectivity index (χ0) is 29.3. The Bertz CT molecular complexity index is 1330. The number of hydrogen-bond acceptors (Lipinski definition) is 7. The second-order valence-electron chi connectivity index (χ2n) is 9.98. The van der Waals surface area contributed by atoms with Crippen molar-refractivity contribution in [3.63, 3.8) is 0 Å². The third kappa shape index (κ3) is 10.0. The average molecular weight is 607 g/mol. The third-order valence-corrected chi connectivity index (χ3v) is 8.71. The SMILES string of the molecule is CCOP(=O)(Cc1ccc(NC(=O)CCc2sc(NC(=O)NC(C)(C)C)nc2-c2ccc(Cl)cc2)cc1)OCC. The number of halogens is 1. The molecule has 1 aromatic heterocycles. The van der Waals surface area contributed by atoms with E-state index in [0.29, 0.717) is 41.2 Å². The number of nitrogens with zero attached hydrogens (tertiary/aromatic N) is 1. The van der Waals surface area contributed by atoms with Gasteiger partial charge in [-0.15, -0.1) is 11.3 Å². The summed E-state index contributed by atoms with van der Waals surface area (Å²) < 4.78 is 23.5. The highest BCUT2D eigenvalue weighted by molar-refractivity contribution is 7.53. The molecule has 3 aromatic rings. The van der Waals surface area contributed by atoms with Gasteiger partial charge in [-0.1, -0.05) is 35.9 Å². The number of aromatic nitrogens is 1. The minimum atomic E-state index is -3.21. The van der Waals surface area contributed by atoms with Crippen molar-refractivity contribution in [1.82, 2.24) is 10.3 Å². The van der Waals surface area contributed by atoms with Gasteiger partial charge in [0.05, 0.1) is 25.1 Å². The van der Waals surface area contributed by atoms with E-state index in [9.17, 15) is 14.2 Å². The lowest BCUT2D eigenvalue weighted by Crippen LogP contribution is -2.43. The van der Waals surface area contributed by atoms with Crippen LogP contribution in [-0.4, -0.2) is 35.7 Å². The van der Waals surface area contributed by atoms with Crippen molar-refractivity contribution in [3.05, 3.63) is 64.0 Å². The Hall–Kier alpha value is -2.75. The topological polar surface area (TPSA) is 119 Å². The van der Waals surface area contributed by atoms with Gasteiger partial charge in [0.15, 0.2) is 5.13 Å². The zero-order valence-corrected chi connectivity index (χ0v) is 25.8. The Kier molecular flexibility index (Phi) is 11.3. The van der Waals surface area contributed by atoms with Crippen LogP contribution in [0.5, 0.6) is 0 Å². The largest absolute Gasteiger partial charge is 0.335 e. The van der Waals surface area contributed by atoms with Gasteiger partial charge in [0.25, 0.3) is 0 Å². The van der Waals surface area contributed by atoms with Crippen LogP contribution in [0.4, 0.5) is 15.6 Å². The summed E-state index contributed by atoms with van der Waals surface area (Å²) in [6.07, 6.45) is 0.794. The fourth-order valence-electron chi connectivity index (χ4n) is 3.77. The first-order chi connectivity index (χ1) is 18.9. The monoisotopic (exact) mass is 606 g/mol. The van der Waals surface area contributed by atoms with Gasteiger partial charge in [0.2, 0.25) is 5.91 Å². The normalized spacial score (nSPS) is 11.8. The maximum atomic E-state index is 12.8. The van der Waals surface area contributed by atoms with Gasteiger partial charge >= 0.3 is 13.6 Å². The van der Waals surface area contributed by atoms with Gasteiger partial charge in [-0.25, -0.2) is 9.78 Å². The highest BCUT2D eigenvalue weighted by atomic mass is 35.5. The first kappa shape index (κ1) is 31.8. The van der Waals surface area contributed by atoms with Crippen LogP contribution in [-0.2, 0) is 31.0 Å². The molecule has 0 aliphatic carbocycles. The molecule has 0 atom stereocenters. The minimum Gasteiger partial charge on any atom is -0.333 e. The molecule has 3 amide bonds. The van der Waals surface area contributed by atoms with Crippen LogP contribution in [0.1, 0.15) is 51.5 Å². The first-order valence-electron chi connectivity index (χ1n) is 13.0. The molecule has 3 rings (SSSR count). The Morgan fingerprint density at radius 1 is 0.975 bits per heavy atom. The summed E-state index contributed by atoms with van der Waals surface area (Å²) in [5, 5.41) is 9.60. The van der Waals surface area contributed by atoms with Crippen LogP contribution in [0.3, 0.4) is 0 Å². The standard InChI is InChI=1S/C28H36ClN4O5PS/c1-6-37-39(36,38-7-2)18-19-8-14-22(15-9-19)30-24(34)17-16-23-25(20-10-12-21(29)13-11-20)31-27(40-23)32-26(35)33-28(3,4)5/h8-15H,6-7,16-18H2,1-5H3,(H,30,34)(H2,31,32,33,35). The number of nitrogens with one attached hydrogen (secondary N) is 3. The predicted molar refractivity (Wildman–Crippen MR) is 162 cm³/mol. The summed E-state index contributed by atoms with van der Waals surface area (Å²) in [7, 11) is -3.21. The minimum absolute atomic E-state index is 0.159. The Morgan fingerprint density at radius 3 is 2.17 bits per heavy atom. The second kappa shape index (κ2) is 14.2. The van der Waals surface area contributed by atoms with E-state index >= 15 is 0 Å². The van der Waals surface area contributed by atoms with E-state index in [0.717, 1.165) is 16.0 Å². The van der Waals surface area contributed by atoms with Gasteiger partial charge in [-0.05, 0) is 70.9 Å². The van der Waals surface area contributed by atoms with Gasteiger partial charge in [-0.2, -0.15) is 0 Å². The highest BCUT2D eigenvalue weighted by Crippen LogP contribution is 2.51. The van der Waals surface area contributed by atoms with Crippen LogP contribution < -0.4 is 16.0 Å². The van der Waals surface area contributed by atoms with Crippen LogP contribution in [0, 0.1) is 0 Å². The molecule has 216 valence electrons. The molecule has 2 aromatic carbocycles. The number of carbonyl (C=O) groups excluding carboxylic acids is 2. The number of carbonyl (C=O) groups is 2. The average Bonchev–Trinajstić information content (AvgIpc) is 3.25. The molecule has 0 spiro atoms. The van der Waals surface area contributed by atoms with E-state index < -0.39 is 13.1 Å². The van der Waals surface area contributed by atoms with Crippen molar-refractivity contribution in [3.8, 4) is 11.3 Å². The summed E-state index contributed by atoms with van der Waals surface area (Å²) in [5.41, 5.74) is 2.55. The molecular formula is C28H36ClN4O5PS. The van der Waals surface area contributed by atoms with Gasteiger partial charge in [-0.3, -0.25) is 14.7 Å². The van der Waals surface area contributed by atoms with Crippen LogP contribution >= 0.6 is 30.5 Å². The maximum absolute atomic E-state index is 12.8. The summed E-state index contributed by atoms with van der Waals surface area (Å²) >= 11 is 7.39. The number of urea groups is 1. The van der Waals surface area contributed by atoms with Crippen molar-refractivity contribution in [2.45, 2.75) is 59.2 Å². The molecule has 0 aliphatic heterocycles. The molecule has 0 unspecified atom stereocenters. The first-order valence-corrected chi connectivity index (χ1v) is 15.9. The lowest BCUT2D eigenvalue weighted by Gasteiger charge is -2.20. The van der Waals surface area contributed by atoms with Gasteiger partial charge in [0, 0.05) is 33.1 Å². The third-order valence-electron chi connectivity index (χ3n) is 5.37. The van der Waals surface area contributed by atoms with Crippen LogP contribution in [0.2, 0.25) is 5.02 Å². The lowest BCUT2D eigenvalue weighted by atomic mass is 10.1. The van der Waals surface area contributed by atoms with Crippen molar-refractivity contribution in [2.75, 3.05) is 23.8 Å². The number of anilines is 2. The van der Waals surface area contributed by atoms with Crippen molar-refractivity contribution in [1.29, 1.82) is 0 Å². The van der Waals surface area contributed by atoms with Crippen molar-refractivity contribution >= 4 is 53.3 Å². The Balaban J connectivity index is 1.67. The maximum Gasteiger partial charge on any atom is 0.335 e. The number of thiazole rings is 1. The Labute approximate surface area is 244 Å². The van der Waals surface area contributed by atoms with Crippen LogP contribution in [0.15, 0.2) is 48.5 Å². The number of aryl methyl sites for hydroxylation is 1. The molecule has 0 bridgehead atoms. The summed E-state index contributed by atoms with van der Waals surface area (Å²) in [5.74, 6) is -0.169. The molecular weight excluding hydrogens is 571 g/mol. The van der Waals surface area contributed by atoms with E-state index in [1.54, 1.807) is 50.2 Å². The quantitative estimate of drug-likeness (QED) is 0.182. The van der Waals surface area contributed by atoms with E-state index in [1.165, 1.54) is 11.3 Å². The number of benzene rings is 2. The van der Waals surface area contributed by atoms with Gasteiger partial charge < -0.3 is 19.7 Å². The molecule has 0 aliphatic rings. The second-order valence-corrected chi connectivity index (χ2v) is 13.6. The molecule has 9 nitrogen and oxygen atoms in total. The molecule has 12 heteroatoms. The van der Waals surface area contributed by atoms with Crippen molar-refractivity contribution in [2.24, 2.45) is 0 Å². The van der Waals surface area contributed by atoms with E-state index in [-0.39, 0.29) is 24.5 Å². The molecule has 0 saturated carbocycles. The number of rotatable bonds is 12. The smallest absolute Gasteiger partial charge is 0.333 e. The van der Waals surface area contributed by atoms with Gasteiger partial charge in [0.1, 0.15) is 0 Å². The zero-order valence-electron chi connectivity index (χ0n) is 23.4. The molecule has 0 fully saturated rings. The molecule has 1 heterocycles. The molecule has 40 heavy (non-hydrogen) atoms. The van der Waals surface area contributed by atoms with E-state index in [2.05, 4.69) is 20.9 Å².